The Morgan fingerprint density at radius 2 is 1.96 bits per heavy atom. The molecule has 9 heteroatoms. The molecular weight excluding hydrogens is 396 g/mol. The molecule has 0 spiro atoms. The van der Waals surface area contributed by atoms with Gasteiger partial charge in [0.15, 0.2) is 5.13 Å². The van der Waals surface area contributed by atoms with Crippen molar-refractivity contribution in [1.29, 1.82) is 0 Å². The lowest BCUT2D eigenvalue weighted by molar-refractivity contribution is 0.102. The fraction of sp³-hybridized carbons (Fsp3) is 0.474. The van der Waals surface area contributed by atoms with Crippen LogP contribution in [0.15, 0.2) is 29.3 Å². The fourth-order valence-electron chi connectivity index (χ4n) is 3.37. The van der Waals surface area contributed by atoms with Gasteiger partial charge in [0.1, 0.15) is 0 Å². The SMILES string of the molecule is CN(C)S(=O)(=O)c1ccc(N2CCCC2)c(C(=O)Nc2ncc(C3CC3)s2)c1. The second-order valence-corrected chi connectivity index (χ2v) is 10.7. The van der Waals surface area contributed by atoms with E-state index in [-0.39, 0.29) is 10.8 Å². The fourth-order valence-corrected chi connectivity index (χ4v) is 5.28. The van der Waals surface area contributed by atoms with E-state index in [1.165, 1.54) is 49.2 Å². The molecule has 28 heavy (non-hydrogen) atoms. The average Bonchev–Trinajstić information content (AvgIpc) is 3.17. The van der Waals surface area contributed by atoms with E-state index in [9.17, 15) is 13.2 Å². The highest BCUT2D eigenvalue weighted by molar-refractivity contribution is 7.89. The van der Waals surface area contributed by atoms with Crippen molar-refractivity contribution in [2.24, 2.45) is 0 Å². The standard InChI is InChI=1S/C19H24N4O3S2/c1-22(2)28(25,26)14-7-8-16(23-9-3-4-10-23)15(11-14)18(24)21-19-20-12-17(27-19)13-5-6-13/h7-8,11-13H,3-6,9-10H2,1-2H3,(H,20,21,24). The maximum absolute atomic E-state index is 13.1. The van der Waals surface area contributed by atoms with E-state index >= 15 is 0 Å². The largest absolute Gasteiger partial charge is 0.371 e. The number of nitrogens with zero attached hydrogens (tertiary/aromatic N) is 3. The number of thiazole rings is 1. The molecule has 1 aliphatic carbocycles. The smallest absolute Gasteiger partial charge is 0.259 e. The van der Waals surface area contributed by atoms with Gasteiger partial charge in [-0.15, -0.1) is 11.3 Å². The minimum absolute atomic E-state index is 0.114. The van der Waals surface area contributed by atoms with Crippen LogP contribution in [0.2, 0.25) is 0 Å². The molecule has 1 amide bonds. The first kappa shape index (κ1) is 19.4. The lowest BCUT2D eigenvalue weighted by atomic mass is 10.1. The van der Waals surface area contributed by atoms with Crippen LogP contribution < -0.4 is 10.2 Å². The van der Waals surface area contributed by atoms with Crippen molar-refractivity contribution >= 4 is 38.1 Å². The van der Waals surface area contributed by atoms with Crippen molar-refractivity contribution in [3.05, 3.63) is 34.8 Å². The molecule has 2 fully saturated rings. The molecule has 1 N–H and O–H groups in total. The van der Waals surface area contributed by atoms with Crippen LogP contribution >= 0.6 is 11.3 Å². The van der Waals surface area contributed by atoms with Gasteiger partial charge in [-0.3, -0.25) is 10.1 Å². The summed E-state index contributed by atoms with van der Waals surface area (Å²) in [4.78, 5) is 20.8. The molecule has 7 nitrogen and oxygen atoms in total. The summed E-state index contributed by atoms with van der Waals surface area (Å²) < 4.78 is 26.3. The minimum Gasteiger partial charge on any atom is -0.371 e. The molecular formula is C19H24N4O3S2. The maximum Gasteiger partial charge on any atom is 0.259 e. The zero-order chi connectivity index (χ0) is 19.9. The Kier molecular flexibility index (Phi) is 5.15. The van der Waals surface area contributed by atoms with Gasteiger partial charge in [0.25, 0.3) is 5.91 Å². The van der Waals surface area contributed by atoms with Gasteiger partial charge in [0.05, 0.1) is 10.5 Å². The highest BCUT2D eigenvalue weighted by Crippen LogP contribution is 2.43. The van der Waals surface area contributed by atoms with Gasteiger partial charge in [-0.2, -0.15) is 0 Å². The number of hydrogen-bond donors (Lipinski definition) is 1. The number of sulfonamides is 1. The summed E-state index contributed by atoms with van der Waals surface area (Å²) in [5.74, 6) is 0.256. The summed E-state index contributed by atoms with van der Waals surface area (Å²) in [5.41, 5.74) is 1.14. The van der Waals surface area contributed by atoms with Crippen molar-refractivity contribution < 1.29 is 13.2 Å². The molecule has 1 aliphatic heterocycles. The van der Waals surface area contributed by atoms with E-state index in [4.69, 9.17) is 0 Å². The number of nitrogens with one attached hydrogen (secondary N) is 1. The van der Waals surface area contributed by atoms with Crippen LogP contribution in [-0.4, -0.2) is 50.8 Å². The van der Waals surface area contributed by atoms with E-state index < -0.39 is 10.0 Å². The van der Waals surface area contributed by atoms with Crippen LogP contribution in [0.1, 0.15) is 46.8 Å². The molecule has 0 radical (unpaired) electrons. The lowest BCUT2D eigenvalue weighted by Crippen LogP contribution is -2.25. The summed E-state index contributed by atoms with van der Waals surface area (Å²) in [6.07, 6.45) is 6.32. The Morgan fingerprint density at radius 1 is 1.25 bits per heavy atom. The Balaban J connectivity index is 1.67. The van der Waals surface area contributed by atoms with Crippen molar-refractivity contribution in [3.8, 4) is 0 Å². The molecule has 2 heterocycles. The molecule has 0 atom stereocenters. The second kappa shape index (κ2) is 7.46. The first-order valence-corrected chi connectivity index (χ1v) is 11.7. The molecule has 1 aromatic carbocycles. The number of benzene rings is 1. The van der Waals surface area contributed by atoms with E-state index in [1.807, 2.05) is 6.20 Å². The zero-order valence-electron chi connectivity index (χ0n) is 16.0. The molecule has 1 aromatic heterocycles. The average molecular weight is 421 g/mol. The summed E-state index contributed by atoms with van der Waals surface area (Å²) in [6, 6.07) is 4.80. The van der Waals surface area contributed by atoms with Crippen molar-refractivity contribution in [2.45, 2.75) is 36.5 Å². The third-order valence-corrected chi connectivity index (χ3v) is 8.05. The molecule has 150 valence electrons. The lowest BCUT2D eigenvalue weighted by Gasteiger charge is -2.22. The predicted octanol–water partition coefficient (Wildman–Crippen LogP) is 3.12. The summed E-state index contributed by atoms with van der Waals surface area (Å²) in [6.45, 7) is 1.73. The molecule has 2 aliphatic rings. The monoisotopic (exact) mass is 420 g/mol. The number of carbonyl (C=O) groups is 1. The molecule has 4 rings (SSSR count). The van der Waals surface area contributed by atoms with E-state index in [0.29, 0.717) is 16.6 Å². The van der Waals surface area contributed by atoms with Crippen molar-refractivity contribution in [1.82, 2.24) is 9.29 Å². The predicted molar refractivity (Wildman–Crippen MR) is 111 cm³/mol. The Labute approximate surface area is 169 Å². The highest BCUT2D eigenvalue weighted by atomic mass is 32.2. The van der Waals surface area contributed by atoms with Crippen LogP contribution in [0, 0.1) is 0 Å². The van der Waals surface area contributed by atoms with Crippen LogP contribution in [0.5, 0.6) is 0 Å². The Hall–Kier alpha value is -1.97. The second-order valence-electron chi connectivity index (χ2n) is 7.46. The number of anilines is 2. The number of rotatable bonds is 6. The maximum atomic E-state index is 13.1. The molecule has 0 bridgehead atoms. The number of hydrogen-bond acceptors (Lipinski definition) is 6. The number of carbonyl (C=O) groups excluding carboxylic acids is 1. The summed E-state index contributed by atoms with van der Waals surface area (Å²) in [5, 5.41) is 3.42. The first-order valence-electron chi connectivity index (χ1n) is 9.45. The quantitative estimate of drug-likeness (QED) is 0.776. The Bertz CT molecular complexity index is 990. The van der Waals surface area contributed by atoms with Gasteiger partial charge >= 0.3 is 0 Å². The van der Waals surface area contributed by atoms with E-state index in [1.54, 1.807) is 12.1 Å². The van der Waals surface area contributed by atoms with Crippen LogP contribution in [0.3, 0.4) is 0 Å². The van der Waals surface area contributed by atoms with Gasteiger partial charge < -0.3 is 4.90 Å². The van der Waals surface area contributed by atoms with Gasteiger partial charge in [0, 0.05) is 43.9 Å². The molecule has 1 saturated heterocycles. The van der Waals surface area contributed by atoms with Crippen molar-refractivity contribution in [3.63, 3.8) is 0 Å². The van der Waals surface area contributed by atoms with Gasteiger partial charge in [-0.25, -0.2) is 17.7 Å². The van der Waals surface area contributed by atoms with E-state index in [0.717, 1.165) is 35.9 Å². The summed E-state index contributed by atoms with van der Waals surface area (Å²) >= 11 is 1.50. The Morgan fingerprint density at radius 3 is 2.61 bits per heavy atom. The van der Waals surface area contributed by atoms with Crippen LogP contribution in [0.4, 0.5) is 10.8 Å². The van der Waals surface area contributed by atoms with Gasteiger partial charge in [-0.05, 0) is 49.8 Å². The van der Waals surface area contributed by atoms with Gasteiger partial charge in [-0.1, -0.05) is 0 Å². The van der Waals surface area contributed by atoms with Crippen LogP contribution in [0.25, 0.3) is 0 Å². The summed E-state index contributed by atoms with van der Waals surface area (Å²) in [7, 11) is -0.654. The number of aromatic nitrogens is 1. The van der Waals surface area contributed by atoms with Crippen LogP contribution in [-0.2, 0) is 10.0 Å². The molecule has 1 saturated carbocycles. The zero-order valence-corrected chi connectivity index (χ0v) is 17.6. The minimum atomic E-state index is -3.62. The highest BCUT2D eigenvalue weighted by Gasteiger charge is 2.27. The van der Waals surface area contributed by atoms with Crippen molar-refractivity contribution in [2.75, 3.05) is 37.4 Å². The topological polar surface area (TPSA) is 82.6 Å². The molecule has 0 unspecified atom stereocenters. The van der Waals surface area contributed by atoms with Gasteiger partial charge in [0.2, 0.25) is 10.0 Å². The first-order chi connectivity index (χ1) is 13.4. The molecule has 2 aromatic rings. The number of amides is 1. The van der Waals surface area contributed by atoms with E-state index in [2.05, 4.69) is 15.2 Å². The normalized spacial score (nSPS) is 17.3. The third kappa shape index (κ3) is 3.78. The third-order valence-electron chi connectivity index (χ3n) is 5.16.